The number of rotatable bonds is 4. The Morgan fingerprint density at radius 3 is 2.53 bits per heavy atom. The highest BCUT2D eigenvalue weighted by atomic mass is 35.5. The Hall–Kier alpha value is -3.00. The average molecular weight is 487 g/mol. The Morgan fingerprint density at radius 1 is 1.09 bits per heavy atom. The smallest absolute Gasteiger partial charge is 0.337 e. The summed E-state index contributed by atoms with van der Waals surface area (Å²) in [6, 6.07) is 15.4. The van der Waals surface area contributed by atoms with Crippen LogP contribution in [-0.4, -0.2) is 36.1 Å². The van der Waals surface area contributed by atoms with Gasteiger partial charge in [0, 0.05) is 18.7 Å². The Balaban J connectivity index is 1.55. The van der Waals surface area contributed by atoms with Crippen LogP contribution in [0.4, 0.5) is 5.69 Å². The Bertz CT molecular complexity index is 1270. The summed E-state index contributed by atoms with van der Waals surface area (Å²) in [4.78, 5) is 30.7. The van der Waals surface area contributed by atoms with Crippen LogP contribution in [0.2, 0.25) is 10.0 Å². The minimum absolute atomic E-state index is 0.188. The van der Waals surface area contributed by atoms with Gasteiger partial charge in [-0.25, -0.2) is 9.79 Å². The highest BCUT2D eigenvalue weighted by Gasteiger charge is 2.30. The van der Waals surface area contributed by atoms with E-state index in [2.05, 4.69) is 4.99 Å². The number of amidine groups is 1. The number of hydrogen-bond acceptors (Lipinski definition) is 6. The van der Waals surface area contributed by atoms with Gasteiger partial charge in [0.1, 0.15) is 11.5 Å². The van der Waals surface area contributed by atoms with Crippen LogP contribution in [0.5, 0.6) is 0 Å². The molecule has 0 atom stereocenters. The van der Waals surface area contributed by atoms with E-state index in [0.717, 1.165) is 5.56 Å². The number of amides is 1. The fourth-order valence-corrected chi connectivity index (χ4v) is 4.18. The summed E-state index contributed by atoms with van der Waals surface area (Å²) in [6.07, 6.45) is 1.67. The topological polar surface area (TPSA) is 72.1 Å². The molecule has 0 bridgehead atoms. The second kappa shape index (κ2) is 9.24. The quantitative estimate of drug-likeness (QED) is 0.320. The highest BCUT2D eigenvalue weighted by Crippen LogP contribution is 2.35. The molecule has 1 amide bonds. The van der Waals surface area contributed by atoms with Crippen LogP contribution in [-0.2, 0) is 9.53 Å². The molecule has 2 heterocycles. The molecule has 0 spiro atoms. The number of halogens is 2. The van der Waals surface area contributed by atoms with Gasteiger partial charge in [-0.2, -0.15) is 0 Å². The maximum atomic E-state index is 12.7. The zero-order valence-corrected chi connectivity index (χ0v) is 19.3. The summed E-state index contributed by atoms with van der Waals surface area (Å²) in [5.74, 6) is 0.529. The van der Waals surface area contributed by atoms with Gasteiger partial charge in [-0.15, -0.1) is 0 Å². The van der Waals surface area contributed by atoms with Crippen LogP contribution in [0.15, 0.2) is 68.9 Å². The van der Waals surface area contributed by atoms with Crippen molar-refractivity contribution >= 4 is 63.8 Å². The van der Waals surface area contributed by atoms with Crippen molar-refractivity contribution in [1.29, 1.82) is 0 Å². The van der Waals surface area contributed by atoms with Gasteiger partial charge in [0.05, 0.1) is 33.3 Å². The normalized spacial score (nSPS) is 16.2. The molecule has 1 aliphatic rings. The van der Waals surface area contributed by atoms with Gasteiger partial charge in [-0.1, -0.05) is 23.2 Å². The number of nitrogens with zero attached hydrogens (tertiary/aromatic N) is 2. The molecule has 0 aliphatic carbocycles. The summed E-state index contributed by atoms with van der Waals surface area (Å²) < 4.78 is 10.6. The number of carbonyl (C=O) groups is 2. The predicted octanol–water partition coefficient (Wildman–Crippen LogP) is 6.27. The third-order valence-electron chi connectivity index (χ3n) is 4.62. The number of likely N-dealkylation sites (N-methyl/N-ethyl adjacent to an activating group) is 1. The first-order chi connectivity index (χ1) is 15.4. The van der Waals surface area contributed by atoms with Gasteiger partial charge >= 0.3 is 5.97 Å². The van der Waals surface area contributed by atoms with Gasteiger partial charge in [0.25, 0.3) is 5.91 Å². The van der Waals surface area contributed by atoms with E-state index in [1.54, 1.807) is 61.7 Å². The first kappa shape index (κ1) is 22.2. The van der Waals surface area contributed by atoms with Crippen molar-refractivity contribution in [1.82, 2.24) is 4.90 Å². The molecule has 0 N–H and O–H groups in total. The van der Waals surface area contributed by atoms with Gasteiger partial charge in [-0.3, -0.25) is 9.69 Å². The van der Waals surface area contributed by atoms with E-state index in [-0.39, 0.29) is 5.91 Å². The van der Waals surface area contributed by atoms with E-state index in [1.165, 1.54) is 23.8 Å². The van der Waals surface area contributed by atoms with Gasteiger partial charge in [0.15, 0.2) is 5.17 Å². The number of carbonyl (C=O) groups excluding carboxylic acids is 2. The molecule has 9 heteroatoms. The molecule has 2 aromatic carbocycles. The van der Waals surface area contributed by atoms with Crippen molar-refractivity contribution in [2.45, 2.75) is 0 Å². The van der Waals surface area contributed by atoms with Crippen LogP contribution < -0.4 is 0 Å². The van der Waals surface area contributed by atoms with E-state index in [9.17, 15) is 9.59 Å². The molecular formula is C23H16Cl2N2O4S. The van der Waals surface area contributed by atoms with Crippen LogP contribution >= 0.6 is 35.0 Å². The minimum atomic E-state index is -0.421. The molecule has 3 aromatic rings. The zero-order chi connectivity index (χ0) is 22.8. The van der Waals surface area contributed by atoms with Crippen LogP contribution in [0.3, 0.4) is 0 Å². The van der Waals surface area contributed by atoms with Crippen LogP contribution in [0.1, 0.15) is 16.1 Å². The molecule has 4 rings (SSSR count). The van der Waals surface area contributed by atoms with Crippen molar-refractivity contribution in [3.8, 4) is 11.3 Å². The van der Waals surface area contributed by atoms with Crippen LogP contribution in [0.25, 0.3) is 17.4 Å². The van der Waals surface area contributed by atoms with Gasteiger partial charge in [-0.05, 0) is 66.4 Å². The minimum Gasteiger partial charge on any atom is -0.465 e. The maximum absolute atomic E-state index is 12.7. The summed E-state index contributed by atoms with van der Waals surface area (Å²) in [5.41, 5.74) is 1.82. The molecular weight excluding hydrogens is 471 g/mol. The summed E-state index contributed by atoms with van der Waals surface area (Å²) in [7, 11) is 2.98. The standard InChI is InChI=1S/C23H16Cl2N2O4S/c1-27-21(28)20(32-23(27)26-15-6-3-13(4-7-15)22(29)30-2)12-16-8-10-19(31-16)14-5-9-17(24)18(25)11-14/h3-12H,1-2H3/b20-12-,26-23?. The molecule has 1 aliphatic heterocycles. The SMILES string of the molecule is COC(=O)c1ccc(N=C2S/C(=C\c3ccc(-c4ccc(Cl)c(Cl)c4)o3)C(=O)N2C)cc1. The summed E-state index contributed by atoms with van der Waals surface area (Å²) in [5, 5.41) is 1.42. The van der Waals surface area contributed by atoms with Crippen molar-refractivity contribution < 1.29 is 18.7 Å². The van der Waals surface area contributed by atoms with Crippen molar-refractivity contribution in [2.24, 2.45) is 4.99 Å². The molecule has 162 valence electrons. The monoisotopic (exact) mass is 486 g/mol. The molecule has 1 fully saturated rings. The van der Waals surface area contributed by atoms with E-state index in [0.29, 0.717) is 42.9 Å². The number of benzene rings is 2. The van der Waals surface area contributed by atoms with Crippen molar-refractivity contribution in [3.63, 3.8) is 0 Å². The molecule has 0 unspecified atom stereocenters. The van der Waals surface area contributed by atoms with E-state index in [4.69, 9.17) is 32.4 Å². The lowest BCUT2D eigenvalue weighted by molar-refractivity contribution is -0.121. The third-order valence-corrected chi connectivity index (χ3v) is 6.42. The second-order valence-corrected chi connectivity index (χ2v) is 8.56. The molecule has 1 aromatic heterocycles. The highest BCUT2D eigenvalue weighted by molar-refractivity contribution is 8.18. The Morgan fingerprint density at radius 2 is 1.84 bits per heavy atom. The number of ether oxygens (including phenoxy) is 1. The Labute approximate surface area is 198 Å². The van der Waals surface area contributed by atoms with Gasteiger partial charge in [0.2, 0.25) is 0 Å². The lowest BCUT2D eigenvalue weighted by atomic mass is 10.2. The molecule has 0 saturated carbocycles. The number of thioether (sulfide) groups is 1. The second-order valence-electron chi connectivity index (χ2n) is 6.74. The third kappa shape index (κ3) is 4.60. The Kier molecular flexibility index (Phi) is 6.41. The lowest BCUT2D eigenvalue weighted by Crippen LogP contribution is -2.23. The lowest BCUT2D eigenvalue weighted by Gasteiger charge is -2.07. The molecule has 32 heavy (non-hydrogen) atoms. The summed E-state index contributed by atoms with van der Waals surface area (Å²) >= 11 is 13.3. The number of esters is 1. The van der Waals surface area contributed by atoms with E-state index >= 15 is 0 Å². The fraction of sp³-hybridized carbons (Fsp3) is 0.0870. The molecule has 6 nitrogen and oxygen atoms in total. The number of aliphatic imine (C=N–C) groups is 1. The summed E-state index contributed by atoms with van der Waals surface area (Å²) in [6.45, 7) is 0. The predicted molar refractivity (Wildman–Crippen MR) is 127 cm³/mol. The number of methoxy groups -OCH3 is 1. The van der Waals surface area contributed by atoms with Crippen molar-refractivity contribution in [2.75, 3.05) is 14.2 Å². The van der Waals surface area contributed by atoms with Crippen molar-refractivity contribution in [3.05, 3.63) is 80.9 Å². The average Bonchev–Trinajstić information content (AvgIpc) is 3.36. The van der Waals surface area contributed by atoms with Crippen LogP contribution in [0, 0.1) is 0 Å². The number of furan rings is 1. The number of hydrogen-bond donors (Lipinski definition) is 0. The first-order valence-electron chi connectivity index (χ1n) is 9.35. The molecule has 0 radical (unpaired) electrons. The molecule has 1 saturated heterocycles. The fourth-order valence-electron chi connectivity index (χ4n) is 2.92. The zero-order valence-electron chi connectivity index (χ0n) is 17.0. The van der Waals surface area contributed by atoms with E-state index < -0.39 is 5.97 Å². The van der Waals surface area contributed by atoms with E-state index in [1.807, 2.05) is 6.07 Å². The maximum Gasteiger partial charge on any atom is 0.337 e. The first-order valence-corrected chi connectivity index (χ1v) is 10.9. The van der Waals surface area contributed by atoms with Gasteiger partial charge < -0.3 is 9.15 Å². The largest absolute Gasteiger partial charge is 0.465 e.